The van der Waals surface area contributed by atoms with Crippen LogP contribution in [0.1, 0.15) is 36.0 Å². The molecule has 1 aliphatic rings. The molecule has 1 aliphatic carbocycles. The Morgan fingerprint density at radius 1 is 1.32 bits per heavy atom. The van der Waals surface area contributed by atoms with Gasteiger partial charge in [0.1, 0.15) is 11.6 Å². The number of alkyl halides is 1. The van der Waals surface area contributed by atoms with Crippen molar-refractivity contribution in [2.45, 2.75) is 30.5 Å². The Bertz CT molecular complexity index is 467. The summed E-state index contributed by atoms with van der Waals surface area (Å²) in [6.07, 6.45) is 4.52. The molecular formula is C14H16BrF2NO. The second kappa shape index (κ2) is 6.46. The Labute approximate surface area is 119 Å². The number of halogens is 3. The molecule has 1 fully saturated rings. The van der Waals surface area contributed by atoms with E-state index in [9.17, 15) is 13.6 Å². The van der Waals surface area contributed by atoms with E-state index in [1.54, 1.807) is 0 Å². The van der Waals surface area contributed by atoms with Crippen LogP contribution in [0.15, 0.2) is 18.2 Å². The number of nitrogens with one attached hydrogen (secondary N) is 1. The molecule has 2 atom stereocenters. The topological polar surface area (TPSA) is 29.1 Å². The minimum Gasteiger partial charge on any atom is -0.352 e. The fraction of sp³-hybridized carbons (Fsp3) is 0.500. The summed E-state index contributed by atoms with van der Waals surface area (Å²) in [4.78, 5) is 12.2. The summed E-state index contributed by atoms with van der Waals surface area (Å²) in [6, 6.07) is 2.99. The zero-order valence-corrected chi connectivity index (χ0v) is 12.1. The maximum Gasteiger partial charge on any atom is 0.254 e. The van der Waals surface area contributed by atoms with Crippen LogP contribution in [0.3, 0.4) is 0 Å². The van der Waals surface area contributed by atoms with Gasteiger partial charge < -0.3 is 5.32 Å². The van der Waals surface area contributed by atoms with Crippen molar-refractivity contribution in [2.24, 2.45) is 5.92 Å². The molecule has 2 nitrogen and oxygen atoms in total. The predicted octanol–water partition coefficient (Wildman–Crippen LogP) is 3.65. The van der Waals surface area contributed by atoms with Crippen molar-refractivity contribution >= 4 is 21.8 Å². The third kappa shape index (κ3) is 3.75. The molecule has 0 bridgehead atoms. The largest absolute Gasteiger partial charge is 0.352 e. The fourth-order valence-electron chi connectivity index (χ4n) is 2.38. The van der Waals surface area contributed by atoms with Gasteiger partial charge >= 0.3 is 0 Å². The van der Waals surface area contributed by atoms with Gasteiger partial charge in [0.2, 0.25) is 0 Å². The van der Waals surface area contributed by atoms with Crippen LogP contribution in [0.5, 0.6) is 0 Å². The van der Waals surface area contributed by atoms with Crippen molar-refractivity contribution in [2.75, 3.05) is 6.54 Å². The molecule has 1 aromatic carbocycles. The van der Waals surface area contributed by atoms with Crippen LogP contribution < -0.4 is 5.32 Å². The van der Waals surface area contributed by atoms with Gasteiger partial charge in [0, 0.05) is 17.4 Å². The van der Waals surface area contributed by atoms with Crippen molar-refractivity contribution < 1.29 is 13.6 Å². The van der Waals surface area contributed by atoms with Crippen LogP contribution in [0.25, 0.3) is 0 Å². The van der Waals surface area contributed by atoms with Gasteiger partial charge in [0.15, 0.2) is 0 Å². The van der Waals surface area contributed by atoms with Gasteiger partial charge in [-0.1, -0.05) is 28.8 Å². The number of carbonyl (C=O) groups is 1. The van der Waals surface area contributed by atoms with Gasteiger partial charge in [-0.3, -0.25) is 4.79 Å². The lowest BCUT2D eigenvalue weighted by atomic mass is 9.89. The minimum absolute atomic E-state index is 0.108. The summed E-state index contributed by atoms with van der Waals surface area (Å²) in [7, 11) is 0. The van der Waals surface area contributed by atoms with Crippen LogP contribution in [0.2, 0.25) is 0 Å². The van der Waals surface area contributed by atoms with Crippen molar-refractivity contribution in [3.05, 3.63) is 35.4 Å². The second-order valence-corrected chi connectivity index (χ2v) is 6.07. The molecule has 0 aromatic heterocycles. The van der Waals surface area contributed by atoms with E-state index in [2.05, 4.69) is 21.2 Å². The summed E-state index contributed by atoms with van der Waals surface area (Å²) in [6.45, 7) is 0.519. The predicted molar refractivity (Wildman–Crippen MR) is 73.4 cm³/mol. The third-order valence-corrected chi connectivity index (χ3v) is 4.72. The maximum atomic E-state index is 13.4. The van der Waals surface area contributed by atoms with E-state index in [4.69, 9.17) is 0 Å². The van der Waals surface area contributed by atoms with Gasteiger partial charge in [-0.15, -0.1) is 0 Å². The fourth-order valence-corrected chi connectivity index (χ4v) is 3.16. The molecule has 0 saturated heterocycles. The second-order valence-electron chi connectivity index (χ2n) is 4.89. The lowest BCUT2D eigenvalue weighted by Crippen LogP contribution is -2.34. The van der Waals surface area contributed by atoms with Gasteiger partial charge in [-0.2, -0.15) is 0 Å². The molecule has 2 rings (SSSR count). The van der Waals surface area contributed by atoms with Crippen molar-refractivity contribution in [1.29, 1.82) is 0 Å². The first-order valence-corrected chi connectivity index (χ1v) is 7.37. The average molecular weight is 332 g/mol. The highest BCUT2D eigenvalue weighted by Crippen LogP contribution is 2.29. The number of carbonyl (C=O) groups excluding carboxylic acids is 1. The standard InChI is InChI=1S/C14H16BrF2NO/c15-12-4-2-1-3-9(12)8-18-14(19)11-6-5-10(16)7-13(11)17/h5-7,9,12H,1-4,8H2,(H,18,19). The van der Waals surface area contributed by atoms with E-state index in [0.717, 1.165) is 31.4 Å². The number of amides is 1. The number of hydrogen-bond donors (Lipinski definition) is 1. The highest BCUT2D eigenvalue weighted by molar-refractivity contribution is 9.09. The first-order chi connectivity index (χ1) is 9.08. The van der Waals surface area contributed by atoms with Crippen LogP contribution in [0.4, 0.5) is 8.78 Å². The Balaban J connectivity index is 1.93. The molecule has 0 heterocycles. The van der Waals surface area contributed by atoms with E-state index in [0.29, 0.717) is 17.3 Å². The molecule has 104 valence electrons. The summed E-state index contributed by atoms with van der Waals surface area (Å²) >= 11 is 3.61. The molecule has 0 spiro atoms. The lowest BCUT2D eigenvalue weighted by Gasteiger charge is -2.27. The van der Waals surface area contributed by atoms with Crippen LogP contribution in [-0.2, 0) is 0 Å². The number of rotatable bonds is 3. The Morgan fingerprint density at radius 3 is 2.74 bits per heavy atom. The molecule has 1 saturated carbocycles. The maximum absolute atomic E-state index is 13.4. The van der Waals surface area contributed by atoms with Crippen LogP contribution in [-0.4, -0.2) is 17.3 Å². The molecule has 19 heavy (non-hydrogen) atoms. The lowest BCUT2D eigenvalue weighted by molar-refractivity contribution is 0.0940. The number of benzene rings is 1. The molecular weight excluding hydrogens is 316 g/mol. The van der Waals surface area contributed by atoms with E-state index >= 15 is 0 Å². The van der Waals surface area contributed by atoms with Crippen LogP contribution in [0, 0.1) is 17.6 Å². The quantitative estimate of drug-likeness (QED) is 0.841. The van der Waals surface area contributed by atoms with Gasteiger partial charge in [0.25, 0.3) is 5.91 Å². The van der Waals surface area contributed by atoms with E-state index in [1.807, 2.05) is 0 Å². The monoisotopic (exact) mass is 331 g/mol. The zero-order chi connectivity index (χ0) is 13.8. The van der Waals surface area contributed by atoms with E-state index in [-0.39, 0.29) is 5.56 Å². The Hall–Kier alpha value is -0.970. The minimum atomic E-state index is -0.823. The SMILES string of the molecule is O=C(NCC1CCCCC1Br)c1ccc(F)cc1F. The highest BCUT2D eigenvalue weighted by Gasteiger charge is 2.23. The highest BCUT2D eigenvalue weighted by atomic mass is 79.9. The molecule has 2 unspecified atom stereocenters. The first-order valence-electron chi connectivity index (χ1n) is 6.45. The normalized spacial score (nSPS) is 23.1. The summed E-state index contributed by atoms with van der Waals surface area (Å²) in [5.41, 5.74) is -0.108. The van der Waals surface area contributed by atoms with Gasteiger partial charge in [0.05, 0.1) is 5.56 Å². The van der Waals surface area contributed by atoms with Crippen molar-refractivity contribution in [3.8, 4) is 0 Å². The Morgan fingerprint density at radius 2 is 2.05 bits per heavy atom. The summed E-state index contributed by atoms with van der Waals surface area (Å²) in [5, 5.41) is 2.73. The van der Waals surface area contributed by atoms with E-state index < -0.39 is 17.5 Å². The van der Waals surface area contributed by atoms with E-state index in [1.165, 1.54) is 12.5 Å². The number of hydrogen-bond acceptors (Lipinski definition) is 1. The van der Waals surface area contributed by atoms with Gasteiger partial charge in [-0.05, 0) is 30.9 Å². The van der Waals surface area contributed by atoms with Crippen molar-refractivity contribution in [1.82, 2.24) is 5.32 Å². The summed E-state index contributed by atoms with van der Waals surface area (Å²) < 4.78 is 26.2. The molecule has 0 radical (unpaired) electrons. The zero-order valence-electron chi connectivity index (χ0n) is 10.5. The molecule has 1 amide bonds. The molecule has 1 N–H and O–H groups in total. The third-order valence-electron chi connectivity index (χ3n) is 3.52. The van der Waals surface area contributed by atoms with Crippen molar-refractivity contribution in [3.63, 3.8) is 0 Å². The van der Waals surface area contributed by atoms with Crippen LogP contribution >= 0.6 is 15.9 Å². The molecule has 1 aromatic rings. The average Bonchev–Trinajstić information content (AvgIpc) is 2.37. The first kappa shape index (κ1) is 14.4. The smallest absolute Gasteiger partial charge is 0.254 e. The summed E-state index contributed by atoms with van der Waals surface area (Å²) in [5.74, 6) is -1.61. The molecule has 0 aliphatic heterocycles. The van der Waals surface area contributed by atoms with Gasteiger partial charge in [-0.25, -0.2) is 8.78 Å². The Kier molecular flexibility index (Phi) is 4.91. The molecule has 5 heteroatoms.